The van der Waals surface area contributed by atoms with Gasteiger partial charge in [-0.1, -0.05) is 12.1 Å². The predicted molar refractivity (Wildman–Crippen MR) is 53.0 cm³/mol. The minimum atomic E-state index is -0.475. The third-order valence-corrected chi connectivity index (χ3v) is 2.03. The molecule has 0 heterocycles. The standard InChI is InChI=1S/C10H10N2O3/c11-6-9(7-13)5-8-1-3-10(4-2-8)12(14)15/h1-4,9,13H,5,7H2. The summed E-state index contributed by atoms with van der Waals surface area (Å²) in [5.74, 6) is -0.452. The van der Waals surface area contributed by atoms with Crippen LogP contribution in [0.1, 0.15) is 5.56 Å². The van der Waals surface area contributed by atoms with Crippen molar-refractivity contribution < 1.29 is 10.0 Å². The quantitative estimate of drug-likeness (QED) is 0.593. The number of aliphatic hydroxyl groups is 1. The molecule has 0 radical (unpaired) electrons. The molecule has 0 saturated carbocycles. The number of rotatable bonds is 4. The lowest BCUT2D eigenvalue weighted by Crippen LogP contribution is -2.06. The van der Waals surface area contributed by atoms with Gasteiger partial charge in [0.2, 0.25) is 0 Å². The van der Waals surface area contributed by atoms with E-state index in [9.17, 15) is 10.1 Å². The van der Waals surface area contributed by atoms with E-state index in [0.717, 1.165) is 5.56 Å². The Hall–Kier alpha value is -1.93. The summed E-state index contributed by atoms with van der Waals surface area (Å²) >= 11 is 0. The molecule has 0 fully saturated rings. The Morgan fingerprint density at radius 1 is 1.47 bits per heavy atom. The number of hydrogen-bond acceptors (Lipinski definition) is 4. The van der Waals surface area contributed by atoms with Gasteiger partial charge in [0, 0.05) is 12.1 Å². The molecule has 0 aliphatic heterocycles. The first-order valence-corrected chi connectivity index (χ1v) is 4.41. The number of nitriles is 1. The lowest BCUT2D eigenvalue weighted by molar-refractivity contribution is -0.384. The molecule has 0 amide bonds. The van der Waals surface area contributed by atoms with E-state index in [2.05, 4.69) is 0 Å². The molecule has 0 spiro atoms. The van der Waals surface area contributed by atoms with Crippen LogP contribution in [0.15, 0.2) is 24.3 Å². The number of benzene rings is 1. The van der Waals surface area contributed by atoms with Crippen LogP contribution in [-0.2, 0) is 6.42 Å². The van der Waals surface area contributed by atoms with Gasteiger partial charge in [-0.25, -0.2) is 0 Å². The highest BCUT2D eigenvalue weighted by Crippen LogP contribution is 2.14. The summed E-state index contributed by atoms with van der Waals surface area (Å²) in [5, 5.41) is 27.8. The minimum absolute atomic E-state index is 0.0243. The molecular formula is C10H10N2O3. The van der Waals surface area contributed by atoms with Crippen molar-refractivity contribution in [2.45, 2.75) is 6.42 Å². The van der Waals surface area contributed by atoms with Crippen molar-refractivity contribution in [3.05, 3.63) is 39.9 Å². The van der Waals surface area contributed by atoms with E-state index >= 15 is 0 Å². The monoisotopic (exact) mass is 206 g/mol. The van der Waals surface area contributed by atoms with Gasteiger partial charge in [-0.05, 0) is 12.0 Å². The summed E-state index contributed by atoms with van der Waals surface area (Å²) in [5.41, 5.74) is 0.831. The van der Waals surface area contributed by atoms with Gasteiger partial charge in [0.05, 0.1) is 23.5 Å². The van der Waals surface area contributed by atoms with Crippen LogP contribution in [0.25, 0.3) is 0 Å². The molecule has 0 aromatic heterocycles. The maximum absolute atomic E-state index is 10.4. The SMILES string of the molecule is N#CC(CO)Cc1ccc([N+](=O)[O-])cc1. The van der Waals surface area contributed by atoms with E-state index in [1.165, 1.54) is 12.1 Å². The Morgan fingerprint density at radius 3 is 2.47 bits per heavy atom. The number of nitro benzene ring substituents is 1. The Labute approximate surface area is 86.7 Å². The zero-order valence-electron chi connectivity index (χ0n) is 7.96. The van der Waals surface area contributed by atoms with Crippen molar-refractivity contribution in [2.75, 3.05) is 6.61 Å². The first-order chi connectivity index (χ1) is 7.17. The topological polar surface area (TPSA) is 87.2 Å². The summed E-state index contributed by atoms with van der Waals surface area (Å²) in [6.45, 7) is -0.201. The fraction of sp³-hybridized carbons (Fsp3) is 0.300. The third-order valence-electron chi connectivity index (χ3n) is 2.03. The number of hydrogen-bond donors (Lipinski definition) is 1. The molecule has 1 aromatic carbocycles. The molecule has 0 aliphatic carbocycles. The Balaban J connectivity index is 2.73. The van der Waals surface area contributed by atoms with Gasteiger partial charge in [0.1, 0.15) is 0 Å². The largest absolute Gasteiger partial charge is 0.395 e. The van der Waals surface area contributed by atoms with E-state index in [1.807, 2.05) is 6.07 Å². The van der Waals surface area contributed by atoms with Crippen molar-refractivity contribution in [1.82, 2.24) is 0 Å². The van der Waals surface area contributed by atoms with Crippen molar-refractivity contribution in [3.8, 4) is 6.07 Å². The summed E-state index contributed by atoms with van der Waals surface area (Å²) < 4.78 is 0. The van der Waals surface area contributed by atoms with Crippen molar-refractivity contribution in [1.29, 1.82) is 5.26 Å². The Kier molecular flexibility index (Phi) is 3.77. The molecule has 5 nitrogen and oxygen atoms in total. The first kappa shape index (κ1) is 11.1. The second kappa shape index (κ2) is 5.08. The highest BCUT2D eigenvalue weighted by atomic mass is 16.6. The molecule has 1 atom stereocenters. The fourth-order valence-electron chi connectivity index (χ4n) is 1.19. The van der Waals surface area contributed by atoms with Crippen LogP contribution in [0, 0.1) is 27.4 Å². The Morgan fingerprint density at radius 2 is 2.07 bits per heavy atom. The van der Waals surface area contributed by atoms with Crippen molar-refractivity contribution >= 4 is 5.69 Å². The number of aliphatic hydroxyl groups excluding tert-OH is 1. The van der Waals surface area contributed by atoms with Crippen LogP contribution >= 0.6 is 0 Å². The summed E-state index contributed by atoms with van der Waals surface area (Å²) in [4.78, 5) is 9.89. The second-order valence-corrected chi connectivity index (χ2v) is 3.14. The lowest BCUT2D eigenvalue weighted by atomic mass is 10.0. The molecule has 5 heteroatoms. The number of non-ortho nitro benzene ring substituents is 1. The molecule has 0 saturated heterocycles. The van der Waals surface area contributed by atoms with Gasteiger partial charge in [-0.3, -0.25) is 10.1 Å². The molecular weight excluding hydrogens is 196 g/mol. The highest BCUT2D eigenvalue weighted by Gasteiger charge is 2.08. The van der Waals surface area contributed by atoms with Crippen LogP contribution < -0.4 is 0 Å². The van der Waals surface area contributed by atoms with E-state index < -0.39 is 10.8 Å². The zero-order valence-corrected chi connectivity index (χ0v) is 7.96. The van der Waals surface area contributed by atoms with E-state index in [0.29, 0.717) is 6.42 Å². The molecule has 1 aromatic rings. The average Bonchev–Trinajstić information content (AvgIpc) is 2.26. The molecule has 15 heavy (non-hydrogen) atoms. The summed E-state index contributed by atoms with van der Waals surface area (Å²) in [6.07, 6.45) is 0.408. The van der Waals surface area contributed by atoms with Crippen LogP contribution in [-0.4, -0.2) is 16.6 Å². The zero-order chi connectivity index (χ0) is 11.3. The number of nitrogens with zero attached hydrogens (tertiary/aromatic N) is 2. The molecule has 0 bridgehead atoms. The molecule has 1 rings (SSSR count). The lowest BCUT2D eigenvalue weighted by Gasteiger charge is -2.04. The van der Waals surface area contributed by atoms with Gasteiger partial charge < -0.3 is 5.11 Å². The van der Waals surface area contributed by atoms with Gasteiger partial charge in [-0.2, -0.15) is 5.26 Å². The normalized spacial score (nSPS) is 11.7. The van der Waals surface area contributed by atoms with Crippen LogP contribution in [0.5, 0.6) is 0 Å². The van der Waals surface area contributed by atoms with Gasteiger partial charge >= 0.3 is 0 Å². The smallest absolute Gasteiger partial charge is 0.269 e. The summed E-state index contributed by atoms with van der Waals surface area (Å²) in [6, 6.07) is 7.92. The van der Waals surface area contributed by atoms with Crippen LogP contribution in [0.2, 0.25) is 0 Å². The minimum Gasteiger partial charge on any atom is -0.395 e. The van der Waals surface area contributed by atoms with E-state index in [1.54, 1.807) is 12.1 Å². The van der Waals surface area contributed by atoms with Crippen LogP contribution in [0.3, 0.4) is 0 Å². The highest BCUT2D eigenvalue weighted by molar-refractivity contribution is 5.33. The predicted octanol–water partition coefficient (Wildman–Crippen LogP) is 1.27. The van der Waals surface area contributed by atoms with Gasteiger partial charge in [-0.15, -0.1) is 0 Å². The van der Waals surface area contributed by atoms with Crippen LogP contribution in [0.4, 0.5) is 5.69 Å². The molecule has 1 N–H and O–H groups in total. The van der Waals surface area contributed by atoms with E-state index in [-0.39, 0.29) is 12.3 Å². The third kappa shape index (κ3) is 3.04. The van der Waals surface area contributed by atoms with Gasteiger partial charge in [0.15, 0.2) is 0 Å². The maximum atomic E-state index is 10.4. The second-order valence-electron chi connectivity index (χ2n) is 3.14. The number of nitro groups is 1. The maximum Gasteiger partial charge on any atom is 0.269 e. The summed E-state index contributed by atoms with van der Waals surface area (Å²) in [7, 11) is 0. The fourth-order valence-corrected chi connectivity index (χ4v) is 1.19. The van der Waals surface area contributed by atoms with Crippen molar-refractivity contribution in [3.63, 3.8) is 0 Å². The van der Waals surface area contributed by atoms with Gasteiger partial charge in [0.25, 0.3) is 5.69 Å². The first-order valence-electron chi connectivity index (χ1n) is 4.41. The average molecular weight is 206 g/mol. The van der Waals surface area contributed by atoms with Crippen molar-refractivity contribution in [2.24, 2.45) is 5.92 Å². The molecule has 0 aliphatic rings. The Bertz CT molecular complexity index is 381. The molecule has 1 unspecified atom stereocenters. The van der Waals surface area contributed by atoms with E-state index in [4.69, 9.17) is 10.4 Å². The molecule has 78 valence electrons.